The normalized spacial score (nSPS) is 14.9. The van der Waals surface area contributed by atoms with E-state index >= 15 is 0 Å². The Labute approximate surface area is 202 Å². The van der Waals surface area contributed by atoms with Crippen LogP contribution in [0.15, 0.2) is 76.8 Å². The molecular formula is C26H27N5O2S. The Kier molecular flexibility index (Phi) is 6.49. The molecule has 0 fully saturated rings. The van der Waals surface area contributed by atoms with E-state index < -0.39 is 0 Å². The summed E-state index contributed by atoms with van der Waals surface area (Å²) in [7, 11) is 0. The monoisotopic (exact) mass is 473 g/mol. The van der Waals surface area contributed by atoms with Crippen molar-refractivity contribution in [3.63, 3.8) is 0 Å². The number of fused-ring (bicyclic) bond motifs is 2. The minimum Gasteiger partial charge on any atom is -0.338 e. The van der Waals surface area contributed by atoms with Crippen molar-refractivity contribution >= 4 is 28.7 Å². The summed E-state index contributed by atoms with van der Waals surface area (Å²) in [6.07, 6.45) is 3.84. The predicted molar refractivity (Wildman–Crippen MR) is 134 cm³/mol. The highest BCUT2D eigenvalue weighted by atomic mass is 32.2. The van der Waals surface area contributed by atoms with Gasteiger partial charge in [0.25, 0.3) is 5.56 Å². The van der Waals surface area contributed by atoms with E-state index in [1.807, 2.05) is 65.6 Å². The van der Waals surface area contributed by atoms with Gasteiger partial charge in [-0.3, -0.25) is 14.2 Å². The summed E-state index contributed by atoms with van der Waals surface area (Å²) >= 11 is 1.53. The van der Waals surface area contributed by atoms with Gasteiger partial charge < -0.3 is 4.90 Å². The SMILES string of the molecule is CCCCN(Cc1ccccc1)C(=O)CC1CSc2nc3c(cnn3-c3ccccc3)c(=O)n21. The van der Waals surface area contributed by atoms with Crippen molar-refractivity contribution in [2.75, 3.05) is 12.3 Å². The summed E-state index contributed by atoms with van der Waals surface area (Å²) < 4.78 is 3.39. The molecule has 1 amide bonds. The van der Waals surface area contributed by atoms with Crippen LogP contribution in [0.5, 0.6) is 0 Å². The zero-order chi connectivity index (χ0) is 23.5. The van der Waals surface area contributed by atoms with E-state index in [4.69, 9.17) is 4.98 Å². The molecule has 1 unspecified atom stereocenters. The predicted octanol–water partition coefficient (Wildman–Crippen LogP) is 4.45. The van der Waals surface area contributed by atoms with Gasteiger partial charge in [0.2, 0.25) is 5.91 Å². The Morgan fingerprint density at radius 3 is 2.59 bits per heavy atom. The molecule has 8 heteroatoms. The van der Waals surface area contributed by atoms with E-state index in [0.717, 1.165) is 24.1 Å². The molecule has 0 saturated heterocycles. The lowest BCUT2D eigenvalue weighted by atomic mass is 10.1. The van der Waals surface area contributed by atoms with Crippen molar-refractivity contribution < 1.29 is 4.79 Å². The highest BCUT2D eigenvalue weighted by Gasteiger charge is 2.31. The Morgan fingerprint density at radius 2 is 1.85 bits per heavy atom. The third-order valence-corrected chi connectivity index (χ3v) is 7.23. The van der Waals surface area contributed by atoms with Gasteiger partial charge in [-0.05, 0) is 24.1 Å². The number of para-hydroxylation sites is 1. The summed E-state index contributed by atoms with van der Waals surface area (Å²) in [6, 6.07) is 19.5. The van der Waals surface area contributed by atoms with E-state index in [2.05, 4.69) is 12.0 Å². The quantitative estimate of drug-likeness (QED) is 0.354. The van der Waals surface area contributed by atoms with Gasteiger partial charge in [0.1, 0.15) is 5.39 Å². The zero-order valence-corrected chi connectivity index (χ0v) is 19.9. The zero-order valence-electron chi connectivity index (χ0n) is 19.1. The van der Waals surface area contributed by atoms with Crippen LogP contribution in [0.25, 0.3) is 16.7 Å². The molecule has 34 heavy (non-hydrogen) atoms. The summed E-state index contributed by atoms with van der Waals surface area (Å²) in [5.41, 5.74) is 2.39. The Morgan fingerprint density at radius 1 is 1.12 bits per heavy atom. The molecule has 0 aliphatic carbocycles. The second-order valence-corrected chi connectivity index (χ2v) is 9.51. The lowest BCUT2D eigenvalue weighted by molar-refractivity contribution is -0.132. The molecule has 4 aromatic rings. The van der Waals surface area contributed by atoms with E-state index in [1.165, 1.54) is 11.8 Å². The number of hydrogen-bond donors (Lipinski definition) is 0. The first-order chi connectivity index (χ1) is 16.7. The van der Waals surface area contributed by atoms with Gasteiger partial charge in [-0.2, -0.15) is 5.10 Å². The van der Waals surface area contributed by atoms with Crippen LogP contribution in [-0.4, -0.2) is 42.4 Å². The number of unbranched alkanes of at least 4 members (excludes halogenated alkanes) is 1. The fraction of sp³-hybridized carbons (Fsp3) is 0.308. The maximum Gasteiger partial charge on any atom is 0.265 e. The van der Waals surface area contributed by atoms with Crippen molar-refractivity contribution in [2.24, 2.45) is 0 Å². The van der Waals surface area contributed by atoms with Crippen LogP contribution < -0.4 is 5.56 Å². The molecule has 1 atom stereocenters. The Hall–Kier alpha value is -3.39. The van der Waals surface area contributed by atoms with Gasteiger partial charge >= 0.3 is 0 Å². The lowest BCUT2D eigenvalue weighted by Gasteiger charge is -2.24. The largest absolute Gasteiger partial charge is 0.338 e. The number of benzene rings is 2. The smallest absolute Gasteiger partial charge is 0.265 e. The average molecular weight is 474 g/mol. The third-order valence-electron chi connectivity index (χ3n) is 6.13. The molecule has 1 aliphatic heterocycles. The van der Waals surface area contributed by atoms with Gasteiger partial charge in [0, 0.05) is 25.3 Å². The van der Waals surface area contributed by atoms with Gasteiger partial charge in [0.05, 0.1) is 17.9 Å². The molecule has 3 heterocycles. The van der Waals surface area contributed by atoms with E-state index in [9.17, 15) is 9.59 Å². The minimum absolute atomic E-state index is 0.0720. The number of amides is 1. The van der Waals surface area contributed by atoms with Crippen molar-refractivity contribution in [1.82, 2.24) is 24.2 Å². The Bertz CT molecular complexity index is 1350. The summed E-state index contributed by atoms with van der Waals surface area (Å²) in [4.78, 5) is 33.5. The molecule has 5 rings (SSSR count). The van der Waals surface area contributed by atoms with Crippen molar-refractivity contribution in [3.05, 3.63) is 82.8 Å². The molecule has 1 aliphatic rings. The van der Waals surface area contributed by atoms with Crippen molar-refractivity contribution in [3.8, 4) is 5.69 Å². The first kappa shape index (κ1) is 22.4. The fourth-order valence-electron chi connectivity index (χ4n) is 4.31. The highest BCUT2D eigenvalue weighted by molar-refractivity contribution is 7.99. The van der Waals surface area contributed by atoms with E-state index in [0.29, 0.717) is 35.0 Å². The van der Waals surface area contributed by atoms with Gasteiger partial charge in [-0.1, -0.05) is 73.6 Å². The van der Waals surface area contributed by atoms with Gasteiger partial charge in [-0.25, -0.2) is 9.67 Å². The molecule has 0 N–H and O–H groups in total. The van der Waals surface area contributed by atoms with Crippen LogP contribution in [0, 0.1) is 0 Å². The maximum absolute atomic E-state index is 13.4. The minimum atomic E-state index is -0.211. The topological polar surface area (TPSA) is 73.0 Å². The van der Waals surface area contributed by atoms with Gasteiger partial charge in [-0.15, -0.1) is 0 Å². The van der Waals surface area contributed by atoms with Crippen LogP contribution in [0.4, 0.5) is 0 Å². The van der Waals surface area contributed by atoms with Crippen LogP contribution in [0.1, 0.15) is 37.8 Å². The number of thioether (sulfide) groups is 1. The second-order valence-electron chi connectivity index (χ2n) is 8.52. The summed E-state index contributed by atoms with van der Waals surface area (Å²) in [5.74, 6) is 0.731. The fourth-order valence-corrected chi connectivity index (χ4v) is 5.44. The van der Waals surface area contributed by atoms with Crippen LogP contribution in [0.3, 0.4) is 0 Å². The first-order valence-corrected chi connectivity index (χ1v) is 12.6. The molecule has 174 valence electrons. The summed E-state index contributed by atoms with van der Waals surface area (Å²) in [5, 5.41) is 5.54. The van der Waals surface area contributed by atoms with E-state index in [1.54, 1.807) is 15.4 Å². The lowest BCUT2D eigenvalue weighted by Crippen LogP contribution is -2.35. The molecule has 7 nitrogen and oxygen atoms in total. The summed E-state index contributed by atoms with van der Waals surface area (Å²) in [6.45, 7) is 3.43. The first-order valence-electron chi connectivity index (χ1n) is 11.7. The van der Waals surface area contributed by atoms with Crippen LogP contribution in [0.2, 0.25) is 0 Å². The standard InChI is InChI=1S/C26H27N5O2S/c1-2-3-14-29(17-19-10-6-4-7-11-19)23(32)15-21-18-34-26-28-24-22(25(33)30(21)26)16-27-31(24)20-12-8-5-9-13-20/h4-13,16,21H,2-3,14-15,17-18H2,1H3. The molecular weight excluding hydrogens is 446 g/mol. The van der Waals surface area contributed by atoms with Crippen LogP contribution in [-0.2, 0) is 11.3 Å². The molecule has 2 aromatic carbocycles. The van der Waals surface area contributed by atoms with E-state index in [-0.39, 0.29) is 23.9 Å². The number of carbonyl (C=O) groups is 1. The number of rotatable bonds is 8. The maximum atomic E-state index is 13.4. The van der Waals surface area contributed by atoms with Gasteiger partial charge in [0.15, 0.2) is 10.8 Å². The Balaban J connectivity index is 1.41. The molecule has 2 aromatic heterocycles. The van der Waals surface area contributed by atoms with Crippen LogP contribution >= 0.6 is 11.8 Å². The molecule has 0 saturated carbocycles. The highest BCUT2D eigenvalue weighted by Crippen LogP contribution is 2.34. The van der Waals surface area contributed by atoms with Crippen molar-refractivity contribution in [2.45, 2.75) is 43.9 Å². The third kappa shape index (κ3) is 4.37. The number of nitrogens with zero attached hydrogens (tertiary/aromatic N) is 5. The average Bonchev–Trinajstić information content (AvgIpc) is 3.48. The molecule has 0 bridgehead atoms. The number of aromatic nitrogens is 4. The van der Waals surface area contributed by atoms with Crippen molar-refractivity contribution in [1.29, 1.82) is 0 Å². The molecule has 0 radical (unpaired) electrons. The number of carbonyl (C=O) groups excluding carboxylic acids is 1. The number of hydrogen-bond acceptors (Lipinski definition) is 5. The second kappa shape index (κ2) is 9.85. The molecule has 0 spiro atoms.